The second-order valence-corrected chi connectivity index (χ2v) is 7.42. The lowest BCUT2D eigenvalue weighted by Crippen LogP contribution is -2.48. The summed E-state index contributed by atoms with van der Waals surface area (Å²) in [5, 5.41) is 9.96. The molecule has 128 valence electrons. The Hall–Kier alpha value is -1.32. The minimum absolute atomic E-state index is 0.218. The van der Waals surface area contributed by atoms with Crippen LogP contribution in [0.4, 0.5) is 0 Å². The maximum Gasteiger partial charge on any atom is 0.329 e. The Bertz CT molecular complexity index is 434. The van der Waals surface area contributed by atoms with Gasteiger partial charge in [0.05, 0.1) is 13.2 Å². The highest BCUT2D eigenvalue weighted by atomic mass is 33.1. The van der Waals surface area contributed by atoms with Crippen molar-refractivity contribution >= 4 is 33.5 Å². The van der Waals surface area contributed by atoms with Crippen LogP contribution < -0.4 is 0 Å². The second kappa shape index (κ2) is 12.1. The molecule has 0 spiro atoms. The highest BCUT2D eigenvalue weighted by Crippen LogP contribution is 2.28. The van der Waals surface area contributed by atoms with Crippen LogP contribution in [-0.4, -0.2) is 54.7 Å². The van der Waals surface area contributed by atoms with Crippen molar-refractivity contribution in [2.75, 3.05) is 32.4 Å². The summed E-state index contributed by atoms with van der Waals surface area (Å²) >= 11 is 0. The number of terminal acetylenes is 2. The quantitative estimate of drug-likeness (QED) is 0.146. The van der Waals surface area contributed by atoms with E-state index < -0.39 is 30.6 Å². The van der Waals surface area contributed by atoms with E-state index in [2.05, 4.69) is 11.8 Å². The second-order valence-electron chi connectivity index (χ2n) is 4.53. The number of carbonyl (C=O) groups excluding carboxylic acids is 2. The molecule has 0 saturated heterocycles. The van der Waals surface area contributed by atoms with Crippen molar-refractivity contribution in [1.82, 2.24) is 0 Å². The van der Waals surface area contributed by atoms with Gasteiger partial charge in [0.1, 0.15) is 5.94 Å². The van der Waals surface area contributed by atoms with Crippen LogP contribution in [0.5, 0.6) is 0 Å². The first-order valence-corrected chi connectivity index (χ1v) is 9.01. The average Bonchev–Trinajstić information content (AvgIpc) is 2.53. The molecule has 0 heterocycles. The fourth-order valence-electron chi connectivity index (χ4n) is 1.28. The molecule has 0 aromatic carbocycles. The molecule has 23 heavy (non-hydrogen) atoms. The third-order valence-corrected chi connectivity index (χ3v) is 5.00. The lowest BCUT2D eigenvalue weighted by atomic mass is 9.90. The Morgan fingerprint density at radius 2 is 1.70 bits per heavy atom. The Balaban J connectivity index is 4.89. The number of ether oxygens (including phenoxy) is 3. The van der Waals surface area contributed by atoms with Gasteiger partial charge in [-0.15, -0.1) is 12.8 Å². The number of rotatable bonds is 11. The van der Waals surface area contributed by atoms with E-state index in [-0.39, 0.29) is 19.2 Å². The molecule has 0 fully saturated rings. The Kier molecular flexibility index (Phi) is 11.4. The van der Waals surface area contributed by atoms with Crippen LogP contribution in [0.3, 0.4) is 0 Å². The van der Waals surface area contributed by atoms with Crippen LogP contribution in [0.25, 0.3) is 0 Å². The van der Waals surface area contributed by atoms with Gasteiger partial charge in [-0.1, -0.05) is 47.3 Å². The summed E-state index contributed by atoms with van der Waals surface area (Å²) in [7, 11) is 2.99. The van der Waals surface area contributed by atoms with Gasteiger partial charge in [-0.05, 0) is 0 Å². The first-order chi connectivity index (χ1) is 10.9. The molecule has 0 atom stereocenters. The van der Waals surface area contributed by atoms with Crippen LogP contribution >= 0.6 is 21.6 Å². The minimum Gasteiger partial charge on any atom is -0.452 e. The van der Waals surface area contributed by atoms with Crippen LogP contribution in [0.15, 0.2) is 0 Å². The molecule has 0 aliphatic carbocycles. The molecule has 1 N–H and O–H groups in total. The topological polar surface area (TPSA) is 82.1 Å². The van der Waals surface area contributed by atoms with Gasteiger partial charge >= 0.3 is 11.9 Å². The minimum atomic E-state index is -2.00. The number of aliphatic hydroxyl groups is 1. The van der Waals surface area contributed by atoms with Crippen LogP contribution in [0.1, 0.15) is 13.8 Å². The van der Waals surface area contributed by atoms with Crippen LogP contribution in [0, 0.1) is 30.1 Å². The van der Waals surface area contributed by atoms with Crippen molar-refractivity contribution < 1.29 is 28.9 Å². The van der Waals surface area contributed by atoms with Crippen molar-refractivity contribution in [1.29, 1.82) is 0 Å². The zero-order valence-electron chi connectivity index (χ0n) is 13.1. The number of aliphatic hydroxyl groups excluding tert-OH is 1. The smallest absolute Gasteiger partial charge is 0.329 e. The SMILES string of the molecule is C#CCOC(=O)C(CO)(COCSSC(C)C)C(=O)OCC#C. The standard InChI is InChI=1S/C15H20O6S2/c1-5-7-20-13(17)15(9-16,14(18)21-8-6-2)10-19-11-22-23-12(3)4/h1-2,12,16H,7-11H2,3-4H3. The molecule has 0 aliphatic heterocycles. The van der Waals surface area contributed by atoms with Crippen LogP contribution in [-0.2, 0) is 23.8 Å². The largest absolute Gasteiger partial charge is 0.452 e. The average molecular weight is 360 g/mol. The molecule has 0 aromatic heterocycles. The maximum absolute atomic E-state index is 12.1. The summed E-state index contributed by atoms with van der Waals surface area (Å²) < 4.78 is 14.8. The van der Waals surface area contributed by atoms with Crippen LogP contribution in [0.2, 0.25) is 0 Å². The molecule has 0 aliphatic rings. The van der Waals surface area contributed by atoms with Gasteiger partial charge in [0.25, 0.3) is 0 Å². The Morgan fingerprint density at radius 3 is 2.09 bits per heavy atom. The molecule has 0 radical (unpaired) electrons. The van der Waals surface area contributed by atoms with Crippen molar-refractivity contribution in [2.45, 2.75) is 19.1 Å². The zero-order valence-corrected chi connectivity index (χ0v) is 14.7. The predicted octanol–water partition coefficient (Wildman–Crippen LogP) is 1.08. The lowest BCUT2D eigenvalue weighted by molar-refractivity contribution is -0.178. The fraction of sp³-hybridized carbons (Fsp3) is 0.600. The summed E-state index contributed by atoms with van der Waals surface area (Å²) in [6, 6.07) is 0. The van der Waals surface area contributed by atoms with Gasteiger partial charge in [-0.2, -0.15) is 0 Å². The molecule has 8 heteroatoms. The molecule has 0 unspecified atom stereocenters. The van der Waals surface area contributed by atoms with Crippen molar-refractivity contribution in [3.63, 3.8) is 0 Å². The normalized spacial score (nSPS) is 10.7. The van der Waals surface area contributed by atoms with Gasteiger partial charge in [-0.25, -0.2) is 0 Å². The highest BCUT2D eigenvalue weighted by Gasteiger charge is 2.49. The molecular weight excluding hydrogens is 340 g/mol. The first-order valence-electron chi connectivity index (χ1n) is 6.62. The highest BCUT2D eigenvalue weighted by molar-refractivity contribution is 8.76. The van der Waals surface area contributed by atoms with E-state index in [1.807, 2.05) is 13.8 Å². The fourth-order valence-corrected chi connectivity index (χ4v) is 2.95. The molecule has 0 rings (SSSR count). The van der Waals surface area contributed by atoms with Crippen molar-refractivity contribution in [3.05, 3.63) is 0 Å². The maximum atomic E-state index is 12.1. The Labute approximate surface area is 144 Å². The molecule has 0 bridgehead atoms. The van der Waals surface area contributed by atoms with Gasteiger partial charge < -0.3 is 19.3 Å². The molecular formula is C15H20O6S2. The van der Waals surface area contributed by atoms with E-state index in [9.17, 15) is 14.7 Å². The van der Waals surface area contributed by atoms with E-state index >= 15 is 0 Å². The van der Waals surface area contributed by atoms with E-state index in [0.717, 1.165) is 0 Å². The van der Waals surface area contributed by atoms with E-state index in [1.54, 1.807) is 10.8 Å². The zero-order chi connectivity index (χ0) is 17.7. The van der Waals surface area contributed by atoms with Gasteiger partial charge in [0.15, 0.2) is 13.2 Å². The first kappa shape index (κ1) is 21.7. The third-order valence-electron chi connectivity index (χ3n) is 2.36. The molecule has 6 nitrogen and oxygen atoms in total. The number of hydrogen-bond acceptors (Lipinski definition) is 8. The lowest BCUT2D eigenvalue weighted by Gasteiger charge is -2.26. The van der Waals surface area contributed by atoms with E-state index in [4.69, 9.17) is 27.1 Å². The van der Waals surface area contributed by atoms with Gasteiger partial charge in [-0.3, -0.25) is 9.59 Å². The van der Waals surface area contributed by atoms with E-state index in [1.165, 1.54) is 10.8 Å². The Morgan fingerprint density at radius 1 is 1.17 bits per heavy atom. The number of carbonyl (C=O) groups is 2. The summed E-state index contributed by atoms with van der Waals surface area (Å²) in [6.45, 7) is 2.12. The van der Waals surface area contributed by atoms with E-state index in [0.29, 0.717) is 5.25 Å². The molecule has 0 saturated carbocycles. The van der Waals surface area contributed by atoms with Crippen molar-refractivity contribution in [3.8, 4) is 24.7 Å². The number of esters is 2. The van der Waals surface area contributed by atoms with Gasteiger partial charge in [0.2, 0.25) is 5.41 Å². The summed E-state index contributed by atoms with van der Waals surface area (Å²) in [6.07, 6.45) is 10.0. The van der Waals surface area contributed by atoms with Crippen molar-refractivity contribution in [2.24, 2.45) is 5.41 Å². The monoisotopic (exact) mass is 360 g/mol. The third kappa shape index (κ3) is 7.67. The summed E-state index contributed by atoms with van der Waals surface area (Å²) in [5.41, 5.74) is -2.00. The van der Waals surface area contributed by atoms with Gasteiger partial charge in [0, 0.05) is 5.25 Å². The molecule has 0 amide bonds. The summed E-state index contributed by atoms with van der Waals surface area (Å²) in [5.74, 6) is 2.41. The molecule has 0 aromatic rings. The summed E-state index contributed by atoms with van der Waals surface area (Å²) in [4.78, 5) is 24.2. The predicted molar refractivity (Wildman–Crippen MR) is 90.2 cm³/mol. The number of hydrogen-bond donors (Lipinski definition) is 1.